The van der Waals surface area contributed by atoms with Gasteiger partial charge in [-0.15, -0.1) is 0 Å². The largest absolute Gasteiger partial charge is 4.00 e. The monoisotopic (exact) mass is 576 g/mol. The Morgan fingerprint density at radius 2 is 0.963 bits per heavy atom. The summed E-state index contributed by atoms with van der Waals surface area (Å²) in [7, 11) is 0. The zero-order valence-electron chi connectivity index (χ0n) is 18.4. The molecule has 2 rings (SSSR count). The van der Waals surface area contributed by atoms with Crippen molar-refractivity contribution in [3.63, 3.8) is 0 Å². The molecule has 0 nitrogen and oxygen atoms in total. The van der Waals surface area contributed by atoms with Crippen LogP contribution in [0.5, 0.6) is 0 Å². The molecule has 0 spiro atoms. The number of hydrogen-bond donors (Lipinski definition) is 0. The quantitative estimate of drug-likeness (QED) is 0.366. The van der Waals surface area contributed by atoms with E-state index in [-0.39, 0.29) is 50.7 Å². The van der Waals surface area contributed by atoms with Crippen molar-refractivity contribution in [3.8, 4) is 0 Å². The molecule has 2 aromatic carbocycles. The van der Waals surface area contributed by atoms with Crippen LogP contribution in [-0.2, 0) is 25.8 Å². The molecule has 0 N–H and O–H groups in total. The van der Waals surface area contributed by atoms with Gasteiger partial charge in [0.2, 0.25) is 0 Å². The minimum Gasteiger partial charge on any atom is -1.00 e. The molecule has 3 heteroatoms. The molecular weight excluding hydrogens is 538 g/mol. The third kappa shape index (κ3) is 10.5. The molecule has 0 aromatic heterocycles. The summed E-state index contributed by atoms with van der Waals surface area (Å²) < 4.78 is 0. The van der Waals surface area contributed by atoms with Gasteiger partial charge in [0.15, 0.2) is 0 Å². The number of halogens is 2. The van der Waals surface area contributed by atoms with Crippen LogP contribution >= 0.6 is 0 Å². The number of rotatable bonds is 6. The van der Waals surface area contributed by atoms with E-state index in [2.05, 4.69) is 91.8 Å². The molecule has 0 bridgehead atoms. The molecule has 0 aliphatic carbocycles. The van der Waals surface area contributed by atoms with E-state index in [0.29, 0.717) is 11.8 Å². The van der Waals surface area contributed by atoms with Gasteiger partial charge in [-0.25, -0.2) is 12.1 Å². The fraction of sp³-hybridized carbons (Fsp3) is 0.583. The van der Waals surface area contributed by atoms with E-state index in [0.717, 1.165) is 11.8 Å². The van der Waals surface area contributed by atoms with E-state index in [1.165, 1.54) is 35.1 Å². The normalized spacial score (nSPS) is 12.2. The predicted octanol–water partition coefficient (Wildman–Crippen LogP) is 2.09. The fourth-order valence-electron chi connectivity index (χ4n) is 2.76. The number of hydrogen-bond acceptors (Lipinski definition) is 0. The zero-order valence-corrected chi connectivity index (χ0v) is 23.5. The van der Waals surface area contributed by atoms with Gasteiger partial charge in [0.25, 0.3) is 0 Å². The van der Waals surface area contributed by atoms with Gasteiger partial charge in [-0.05, 0) is 11.8 Å². The van der Waals surface area contributed by atoms with Crippen LogP contribution in [-0.4, -0.2) is 0 Å². The van der Waals surface area contributed by atoms with Crippen LogP contribution in [0.4, 0.5) is 0 Å². The van der Waals surface area contributed by atoms with Crippen molar-refractivity contribution in [1.29, 1.82) is 0 Å². The predicted molar refractivity (Wildman–Crippen MR) is 110 cm³/mol. The SMILES string of the molecule is CCC(C)c1c[cH-]c(C(C)C)c1.CCC(C)c1c[cH-]c(C(C)C)c1.[Cl-].[Cl-].[Hf+4]. The molecule has 0 fully saturated rings. The van der Waals surface area contributed by atoms with Gasteiger partial charge < -0.3 is 24.8 Å². The summed E-state index contributed by atoms with van der Waals surface area (Å²) in [5.41, 5.74) is 5.96. The van der Waals surface area contributed by atoms with Crippen LogP contribution in [0.2, 0.25) is 0 Å². The van der Waals surface area contributed by atoms with Crippen LogP contribution in [0.15, 0.2) is 36.4 Å². The Kier molecular flexibility index (Phi) is 18.9. The summed E-state index contributed by atoms with van der Waals surface area (Å²) in [5.74, 6) is 2.78. The van der Waals surface area contributed by atoms with E-state index in [1.807, 2.05) is 0 Å². The first-order valence-electron chi connectivity index (χ1n) is 9.83. The van der Waals surface area contributed by atoms with Crippen molar-refractivity contribution in [2.45, 2.75) is 91.9 Å². The van der Waals surface area contributed by atoms with E-state index < -0.39 is 0 Å². The fourth-order valence-corrected chi connectivity index (χ4v) is 2.76. The molecule has 2 atom stereocenters. The maximum absolute atomic E-state index is 2.35. The topological polar surface area (TPSA) is 0 Å². The summed E-state index contributed by atoms with van der Waals surface area (Å²) in [6, 6.07) is 13.7. The molecule has 27 heavy (non-hydrogen) atoms. The summed E-state index contributed by atoms with van der Waals surface area (Å²) in [4.78, 5) is 0. The van der Waals surface area contributed by atoms with Crippen LogP contribution in [0.1, 0.15) is 114 Å². The smallest absolute Gasteiger partial charge is 1.00 e. The summed E-state index contributed by atoms with van der Waals surface area (Å²) in [5, 5.41) is 0. The molecule has 0 heterocycles. The Bertz CT molecular complexity index is 528. The first kappa shape index (κ1) is 31.8. The van der Waals surface area contributed by atoms with Crippen molar-refractivity contribution in [2.75, 3.05) is 0 Å². The van der Waals surface area contributed by atoms with E-state index in [4.69, 9.17) is 0 Å². The van der Waals surface area contributed by atoms with Crippen LogP contribution in [0.25, 0.3) is 0 Å². The van der Waals surface area contributed by atoms with Crippen LogP contribution < -0.4 is 24.8 Å². The zero-order chi connectivity index (χ0) is 18.3. The first-order chi connectivity index (χ1) is 11.3. The summed E-state index contributed by atoms with van der Waals surface area (Å²) in [6.07, 6.45) is 2.48. The first-order valence-corrected chi connectivity index (χ1v) is 9.83. The van der Waals surface area contributed by atoms with Crippen LogP contribution in [0.3, 0.4) is 0 Å². The van der Waals surface area contributed by atoms with Gasteiger partial charge >= 0.3 is 25.8 Å². The second-order valence-corrected chi connectivity index (χ2v) is 7.88. The van der Waals surface area contributed by atoms with Gasteiger partial charge in [0.1, 0.15) is 0 Å². The Morgan fingerprint density at radius 3 is 1.15 bits per heavy atom. The third-order valence-electron chi connectivity index (χ3n) is 5.30. The van der Waals surface area contributed by atoms with E-state index >= 15 is 0 Å². The molecule has 0 aliphatic rings. The van der Waals surface area contributed by atoms with E-state index in [1.54, 1.807) is 0 Å². The molecule has 0 amide bonds. The molecule has 0 saturated carbocycles. The molecule has 0 aliphatic heterocycles. The van der Waals surface area contributed by atoms with Gasteiger partial charge in [0, 0.05) is 0 Å². The van der Waals surface area contributed by atoms with Crippen molar-refractivity contribution in [1.82, 2.24) is 0 Å². The molecule has 2 aromatic rings. The molecule has 0 saturated heterocycles. The average molecular weight is 576 g/mol. The Balaban J connectivity index is -0.000000384. The minimum atomic E-state index is 0. The molecular formula is C24H38Cl2Hf. The van der Waals surface area contributed by atoms with Gasteiger partial charge in [0.05, 0.1) is 0 Å². The minimum absolute atomic E-state index is 0. The Labute approximate surface area is 200 Å². The maximum Gasteiger partial charge on any atom is 4.00 e. The van der Waals surface area contributed by atoms with Crippen molar-refractivity contribution in [3.05, 3.63) is 58.7 Å². The van der Waals surface area contributed by atoms with Crippen molar-refractivity contribution in [2.24, 2.45) is 0 Å². The van der Waals surface area contributed by atoms with Crippen molar-refractivity contribution < 1.29 is 50.7 Å². The van der Waals surface area contributed by atoms with Gasteiger partial charge in [-0.2, -0.15) is 46.5 Å². The summed E-state index contributed by atoms with van der Waals surface area (Å²) in [6.45, 7) is 18.1. The Hall–Kier alpha value is 0.150. The van der Waals surface area contributed by atoms with Crippen LogP contribution in [0, 0.1) is 0 Å². The standard InChI is InChI=1S/2C12H19.2ClH.Hf/c2*1-5-10(4)12-7-6-11(8-12)9(2)3;;;/h2*6-10H,5H2,1-4H3;2*1H;/q2*-1;;;+4/p-2. The Morgan fingerprint density at radius 1 is 0.667 bits per heavy atom. The summed E-state index contributed by atoms with van der Waals surface area (Å²) >= 11 is 0. The van der Waals surface area contributed by atoms with Gasteiger partial charge in [-0.1, -0.05) is 80.1 Å². The average Bonchev–Trinajstić information content (AvgIpc) is 3.23. The van der Waals surface area contributed by atoms with Crippen molar-refractivity contribution >= 4 is 0 Å². The second kappa shape index (κ2) is 16.0. The van der Waals surface area contributed by atoms with E-state index in [9.17, 15) is 0 Å². The molecule has 0 radical (unpaired) electrons. The molecule has 152 valence electrons. The van der Waals surface area contributed by atoms with Gasteiger partial charge in [-0.3, -0.25) is 0 Å². The molecule has 2 unspecified atom stereocenters. The third-order valence-corrected chi connectivity index (χ3v) is 5.30. The maximum atomic E-state index is 2.35. The second-order valence-electron chi connectivity index (χ2n) is 7.88.